The van der Waals surface area contributed by atoms with Crippen LogP contribution in [0, 0.1) is 0 Å². The number of benzene rings is 1. The van der Waals surface area contributed by atoms with Crippen molar-refractivity contribution in [3.05, 3.63) is 56.1 Å². The Kier molecular flexibility index (Phi) is 7.56. The number of H-pyrrole nitrogens is 1. The maximum Gasteiger partial charge on any atom is 0.276 e. The zero-order valence-corrected chi connectivity index (χ0v) is 20.8. The van der Waals surface area contributed by atoms with E-state index in [1.807, 2.05) is 45.6 Å². The Bertz CT molecular complexity index is 1370. The van der Waals surface area contributed by atoms with Gasteiger partial charge in [0.25, 0.3) is 11.5 Å². The van der Waals surface area contributed by atoms with Crippen LogP contribution in [0.25, 0.3) is 12.2 Å². The Balaban J connectivity index is 2.33. The summed E-state index contributed by atoms with van der Waals surface area (Å²) in [5.74, 6) is -0.223. The topological polar surface area (TPSA) is 115 Å². The smallest absolute Gasteiger partial charge is 0.276 e. The highest BCUT2D eigenvalue weighted by molar-refractivity contribution is 5.99. The number of carbonyl (C=O) groups excluding carboxylic acids is 1. The molecule has 0 saturated heterocycles. The molecule has 1 aromatic carbocycles. The lowest BCUT2D eigenvalue weighted by molar-refractivity contribution is 0.0964. The largest absolute Gasteiger partial charge is 0.395 e. The maximum atomic E-state index is 13.3. The predicted molar refractivity (Wildman–Crippen MR) is 135 cm³/mol. The van der Waals surface area contributed by atoms with Gasteiger partial charge >= 0.3 is 0 Å². The number of likely N-dealkylation sites (N-methyl/N-ethyl adjacent to an activating group) is 1. The molecule has 2 heterocycles. The van der Waals surface area contributed by atoms with E-state index in [-0.39, 0.29) is 29.9 Å². The number of hydrogen-bond acceptors (Lipinski definition) is 6. The summed E-state index contributed by atoms with van der Waals surface area (Å²) in [7, 11) is 1.56. The Hall–Kier alpha value is -3.46. The van der Waals surface area contributed by atoms with Crippen molar-refractivity contribution < 1.29 is 9.90 Å². The molecule has 3 rings (SSSR count). The van der Waals surface area contributed by atoms with Crippen molar-refractivity contribution in [3.8, 4) is 0 Å². The van der Waals surface area contributed by atoms with E-state index in [0.717, 1.165) is 11.4 Å². The molecule has 0 saturated carbocycles. The molecule has 34 heavy (non-hydrogen) atoms. The summed E-state index contributed by atoms with van der Waals surface area (Å²) in [4.78, 5) is 37.5. The zero-order chi connectivity index (χ0) is 25.2. The van der Waals surface area contributed by atoms with Crippen molar-refractivity contribution >= 4 is 29.5 Å². The summed E-state index contributed by atoms with van der Waals surface area (Å²) in [5.41, 5.74) is 3.23. The predicted octanol–water partition coefficient (Wildman–Crippen LogP) is 1.81. The first-order valence-corrected chi connectivity index (χ1v) is 11.6. The minimum absolute atomic E-state index is 0.00640. The molecule has 0 aliphatic rings. The molecule has 0 aliphatic heterocycles. The van der Waals surface area contributed by atoms with Crippen LogP contribution in [0.5, 0.6) is 0 Å². The number of carbonyl (C=O) groups is 1. The van der Waals surface area contributed by atoms with Crippen LogP contribution < -0.4 is 26.5 Å². The molecule has 0 atom stereocenters. The normalized spacial score (nSPS) is 12.2. The monoisotopic (exact) mass is 466 g/mol. The first-order chi connectivity index (χ1) is 16.1. The first kappa shape index (κ1) is 25.2. The molecule has 3 N–H and O–H groups in total. The van der Waals surface area contributed by atoms with Crippen LogP contribution in [0.2, 0.25) is 0 Å². The van der Waals surface area contributed by atoms with Gasteiger partial charge in [-0.25, -0.2) is 9.98 Å². The molecule has 2 aromatic heterocycles. The second-order valence-corrected chi connectivity index (χ2v) is 8.82. The van der Waals surface area contributed by atoms with Crippen LogP contribution in [0.3, 0.4) is 0 Å². The number of aliphatic hydroxyl groups excluding tert-OH is 1. The summed E-state index contributed by atoms with van der Waals surface area (Å²) in [6.45, 7) is 15.1. The average Bonchev–Trinajstić information content (AvgIpc) is 3.12. The van der Waals surface area contributed by atoms with Crippen molar-refractivity contribution in [2.75, 3.05) is 31.6 Å². The van der Waals surface area contributed by atoms with Crippen LogP contribution in [-0.4, -0.2) is 52.4 Å². The third-order valence-electron chi connectivity index (χ3n) is 5.82. The van der Waals surface area contributed by atoms with Crippen molar-refractivity contribution in [3.63, 3.8) is 0 Å². The number of aromatic nitrogens is 3. The van der Waals surface area contributed by atoms with Crippen molar-refractivity contribution in [1.29, 1.82) is 0 Å². The SMILES string of the molecule is C=c1[nH]n2c(=O)c(C(C)C)c(C(C)C)nc2c1=Nc1ccc(N(CC)CCO)cc1C(=O)NC. The molecule has 0 bridgehead atoms. The number of aliphatic hydroxyl groups is 1. The Morgan fingerprint density at radius 2 is 2.00 bits per heavy atom. The van der Waals surface area contributed by atoms with Gasteiger partial charge in [-0.05, 0) is 37.0 Å². The Morgan fingerprint density at radius 1 is 1.29 bits per heavy atom. The van der Waals surface area contributed by atoms with Crippen molar-refractivity contribution in [1.82, 2.24) is 19.9 Å². The summed E-state index contributed by atoms with van der Waals surface area (Å²) in [5, 5.41) is 15.9. The molecular weight excluding hydrogens is 432 g/mol. The molecule has 0 spiro atoms. The van der Waals surface area contributed by atoms with E-state index in [2.05, 4.69) is 17.0 Å². The lowest BCUT2D eigenvalue weighted by Gasteiger charge is -2.22. The van der Waals surface area contributed by atoms with E-state index in [1.165, 1.54) is 4.52 Å². The average molecular weight is 467 g/mol. The summed E-state index contributed by atoms with van der Waals surface area (Å²) < 4.78 is 1.39. The van der Waals surface area contributed by atoms with Gasteiger partial charge in [-0.15, -0.1) is 0 Å². The molecule has 0 aliphatic carbocycles. The molecule has 0 unspecified atom stereocenters. The molecular formula is C25H34N6O3. The second-order valence-electron chi connectivity index (χ2n) is 8.82. The fraction of sp³-hybridized carbons (Fsp3) is 0.440. The van der Waals surface area contributed by atoms with Gasteiger partial charge in [0, 0.05) is 31.4 Å². The second kappa shape index (κ2) is 10.2. The summed E-state index contributed by atoms with van der Waals surface area (Å²) in [6, 6.07) is 5.37. The van der Waals surface area contributed by atoms with E-state index in [4.69, 9.17) is 9.98 Å². The van der Waals surface area contributed by atoms with Crippen molar-refractivity contribution in [2.45, 2.75) is 46.5 Å². The molecule has 0 radical (unpaired) electrons. The maximum absolute atomic E-state index is 13.3. The first-order valence-electron chi connectivity index (χ1n) is 11.6. The highest BCUT2D eigenvalue weighted by Crippen LogP contribution is 2.26. The lowest BCUT2D eigenvalue weighted by atomic mass is 9.96. The van der Waals surface area contributed by atoms with E-state index in [0.29, 0.717) is 46.3 Å². The number of hydrogen-bond donors (Lipinski definition) is 3. The van der Waals surface area contributed by atoms with E-state index in [9.17, 15) is 14.7 Å². The number of amides is 1. The van der Waals surface area contributed by atoms with Gasteiger partial charge in [0.1, 0.15) is 5.36 Å². The standard InChI is InChI=1S/C25H34N6O3/c1-8-30(11-12-32)17-9-10-19(18(13-17)24(33)26-7)27-22-16(6)29-31-23(22)28-21(15(4)5)20(14(2)3)25(31)34/h9-10,13-15,29,32H,6,8,11-12H2,1-5,7H3,(H,26,33). The third kappa shape index (κ3) is 4.61. The van der Waals surface area contributed by atoms with Gasteiger partial charge in [-0.3, -0.25) is 14.7 Å². The van der Waals surface area contributed by atoms with Crippen LogP contribution >= 0.6 is 0 Å². The van der Waals surface area contributed by atoms with Gasteiger partial charge in [-0.1, -0.05) is 34.3 Å². The number of nitrogens with one attached hydrogen (secondary N) is 2. The minimum Gasteiger partial charge on any atom is -0.395 e. The summed E-state index contributed by atoms with van der Waals surface area (Å²) >= 11 is 0. The van der Waals surface area contributed by atoms with Gasteiger partial charge in [-0.2, -0.15) is 4.52 Å². The third-order valence-corrected chi connectivity index (χ3v) is 5.82. The minimum atomic E-state index is -0.291. The van der Waals surface area contributed by atoms with Crippen LogP contribution in [0.15, 0.2) is 28.0 Å². The Morgan fingerprint density at radius 3 is 2.56 bits per heavy atom. The molecule has 182 valence electrons. The molecule has 9 nitrogen and oxygen atoms in total. The lowest BCUT2D eigenvalue weighted by Crippen LogP contribution is -2.27. The Labute approximate surface area is 198 Å². The highest BCUT2D eigenvalue weighted by Gasteiger charge is 2.20. The van der Waals surface area contributed by atoms with E-state index >= 15 is 0 Å². The number of nitrogens with zero attached hydrogens (tertiary/aromatic N) is 4. The van der Waals surface area contributed by atoms with E-state index in [1.54, 1.807) is 19.2 Å². The van der Waals surface area contributed by atoms with Crippen LogP contribution in [0.1, 0.15) is 68.1 Å². The molecule has 9 heteroatoms. The quantitative estimate of drug-likeness (QED) is 0.468. The molecule has 3 aromatic rings. The number of anilines is 1. The van der Waals surface area contributed by atoms with Gasteiger partial charge < -0.3 is 15.3 Å². The van der Waals surface area contributed by atoms with Crippen LogP contribution in [0.4, 0.5) is 11.4 Å². The summed E-state index contributed by atoms with van der Waals surface area (Å²) in [6.07, 6.45) is 0. The van der Waals surface area contributed by atoms with Crippen molar-refractivity contribution in [2.24, 2.45) is 4.99 Å². The van der Waals surface area contributed by atoms with E-state index < -0.39 is 0 Å². The number of aromatic amines is 1. The van der Waals surface area contributed by atoms with Gasteiger partial charge in [0.15, 0.2) is 5.65 Å². The highest BCUT2D eigenvalue weighted by atomic mass is 16.3. The van der Waals surface area contributed by atoms with Crippen LogP contribution in [-0.2, 0) is 0 Å². The number of fused-ring (bicyclic) bond motifs is 1. The van der Waals surface area contributed by atoms with Gasteiger partial charge in [0.05, 0.1) is 28.9 Å². The fourth-order valence-electron chi connectivity index (χ4n) is 4.08. The molecule has 1 amide bonds. The fourth-order valence-corrected chi connectivity index (χ4v) is 4.08. The molecule has 0 fully saturated rings. The van der Waals surface area contributed by atoms with Gasteiger partial charge in [0.2, 0.25) is 0 Å². The number of rotatable bonds is 8. The zero-order valence-electron chi connectivity index (χ0n) is 20.8.